The predicted octanol–water partition coefficient (Wildman–Crippen LogP) is 4.81. The SMILES string of the molecule is CC(=O)c1cccc(NC(=O)c2cccc(-c3ccccc3)c2)c1. The molecule has 3 aromatic rings. The molecule has 0 heterocycles. The zero-order valence-corrected chi connectivity index (χ0v) is 13.3. The quantitative estimate of drug-likeness (QED) is 0.702. The summed E-state index contributed by atoms with van der Waals surface area (Å²) in [6, 6.07) is 24.3. The summed E-state index contributed by atoms with van der Waals surface area (Å²) in [7, 11) is 0. The molecule has 1 N–H and O–H groups in total. The van der Waals surface area contributed by atoms with Gasteiger partial charge in [0, 0.05) is 16.8 Å². The molecule has 0 aromatic heterocycles. The molecule has 0 saturated heterocycles. The largest absolute Gasteiger partial charge is 0.322 e. The molecule has 0 unspecified atom stereocenters. The van der Waals surface area contributed by atoms with Crippen LogP contribution in [0.25, 0.3) is 11.1 Å². The van der Waals surface area contributed by atoms with Gasteiger partial charge >= 0.3 is 0 Å². The fourth-order valence-electron chi connectivity index (χ4n) is 2.49. The van der Waals surface area contributed by atoms with Gasteiger partial charge in [-0.25, -0.2) is 0 Å². The topological polar surface area (TPSA) is 46.2 Å². The van der Waals surface area contributed by atoms with E-state index in [2.05, 4.69) is 5.32 Å². The van der Waals surface area contributed by atoms with Crippen LogP contribution in [0.3, 0.4) is 0 Å². The first-order valence-electron chi connectivity index (χ1n) is 7.71. The Labute approximate surface area is 141 Å². The molecule has 1 amide bonds. The molecule has 3 heteroatoms. The molecule has 0 aliphatic rings. The molecule has 0 bridgehead atoms. The summed E-state index contributed by atoms with van der Waals surface area (Å²) >= 11 is 0. The Hall–Kier alpha value is -3.20. The predicted molar refractivity (Wildman–Crippen MR) is 96.3 cm³/mol. The third-order valence-corrected chi connectivity index (χ3v) is 3.76. The van der Waals surface area contributed by atoms with Crippen LogP contribution in [-0.4, -0.2) is 11.7 Å². The van der Waals surface area contributed by atoms with E-state index in [1.165, 1.54) is 6.92 Å². The Morgan fingerprint density at radius 1 is 0.708 bits per heavy atom. The van der Waals surface area contributed by atoms with Crippen molar-refractivity contribution in [1.29, 1.82) is 0 Å². The summed E-state index contributed by atoms with van der Waals surface area (Å²) in [5, 5.41) is 2.84. The van der Waals surface area contributed by atoms with Crippen molar-refractivity contribution in [1.82, 2.24) is 0 Å². The first-order valence-corrected chi connectivity index (χ1v) is 7.71. The van der Waals surface area contributed by atoms with E-state index in [9.17, 15) is 9.59 Å². The van der Waals surface area contributed by atoms with E-state index in [1.807, 2.05) is 48.5 Å². The molecule has 0 fully saturated rings. The minimum Gasteiger partial charge on any atom is -0.322 e. The summed E-state index contributed by atoms with van der Waals surface area (Å²) in [6.45, 7) is 1.50. The second-order valence-corrected chi connectivity index (χ2v) is 5.54. The lowest BCUT2D eigenvalue weighted by Gasteiger charge is -2.08. The van der Waals surface area contributed by atoms with Gasteiger partial charge in [0.25, 0.3) is 5.91 Å². The van der Waals surface area contributed by atoms with Gasteiger partial charge in [0.1, 0.15) is 0 Å². The molecule has 0 atom stereocenters. The van der Waals surface area contributed by atoms with E-state index in [1.54, 1.807) is 30.3 Å². The minimum atomic E-state index is -0.200. The standard InChI is InChI=1S/C21H17NO2/c1-15(23)17-9-6-12-20(14-17)22-21(24)19-11-5-10-18(13-19)16-7-3-2-4-8-16/h2-14H,1H3,(H,22,24). The Balaban J connectivity index is 1.83. The molecular formula is C21H17NO2. The highest BCUT2D eigenvalue weighted by atomic mass is 16.1. The van der Waals surface area contributed by atoms with Crippen LogP contribution in [0.5, 0.6) is 0 Å². The molecule has 3 aromatic carbocycles. The summed E-state index contributed by atoms with van der Waals surface area (Å²) in [5.41, 5.74) is 3.81. The smallest absolute Gasteiger partial charge is 0.255 e. The third-order valence-electron chi connectivity index (χ3n) is 3.76. The maximum absolute atomic E-state index is 12.5. The second-order valence-electron chi connectivity index (χ2n) is 5.54. The highest BCUT2D eigenvalue weighted by molar-refractivity contribution is 6.05. The van der Waals surface area contributed by atoms with Crippen LogP contribution in [0.2, 0.25) is 0 Å². The van der Waals surface area contributed by atoms with Gasteiger partial charge in [-0.1, -0.05) is 54.6 Å². The Morgan fingerprint density at radius 2 is 1.38 bits per heavy atom. The molecule has 3 nitrogen and oxygen atoms in total. The van der Waals surface area contributed by atoms with Crippen LogP contribution in [0, 0.1) is 0 Å². The lowest BCUT2D eigenvalue weighted by atomic mass is 10.0. The fourth-order valence-corrected chi connectivity index (χ4v) is 2.49. The zero-order chi connectivity index (χ0) is 16.9. The van der Waals surface area contributed by atoms with Crippen molar-refractivity contribution in [2.24, 2.45) is 0 Å². The van der Waals surface area contributed by atoms with Crippen molar-refractivity contribution in [3.8, 4) is 11.1 Å². The van der Waals surface area contributed by atoms with Gasteiger partial charge in [-0.15, -0.1) is 0 Å². The van der Waals surface area contributed by atoms with Crippen LogP contribution in [0.15, 0.2) is 78.9 Å². The number of nitrogens with one attached hydrogen (secondary N) is 1. The number of hydrogen-bond acceptors (Lipinski definition) is 2. The van der Waals surface area contributed by atoms with E-state index in [0.29, 0.717) is 16.8 Å². The normalized spacial score (nSPS) is 10.2. The molecule has 0 saturated carbocycles. The van der Waals surface area contributed by atoms with Crippen molar-refractivity contribution < 1.29 is 9.59 Å². The number of Topliss-reactive ketones (excluding diaryl/α,β-unsaturated/α-hetero) is 1. The molecule has 24 heavy (non-hydrogen) atoms. The number of hydrogen-bond donors (Lipinski definition) is 1. The van der Waals surface area contributed by atoms with Gasteiger partial charge in [-0.3, -0.25) is 9.59 Å². The van der Waals surface area contributed by atoms with Crippen molar-refractivity contribution in [2.45, 2.75) is 6.92 Å². The van der Waals surface area contributed by atoms with Crippen LogP contribution in [0.1, 0.15) is 27.6 Å². The number of rotatable bonds is 4. The number of anilines is 1. The van der Waals surface area contributed by atoms with E-state index in [0.717, 1.165) is 11.1 Å². The van der Waals surface area contributed by atoms with E-state index in [4.69, 9.17) is 0 Å². The molecule has 0 aliphatic carbocycles. The highest BCUT2D eigenvalue weighted by Crippen LogP contribution is 2.21. The number of amides is 1. The summed E-state index contributed by atoms with van der Waals surface area (Å²) < 4.78 is 0. The lowest BCUT2D eigenvalue weighted by Crippen LogP contribution is -2.12. The van der Waals surface area contributed by atoms with Gasteiger partial charge in [0.2, 0.25) is 0 Å². The van der Waals surface area contributed by atoms with E-state index >= 15 is 0 Å². The van der Waals surface area contributed by atoms with Crippen LogP contribution < -0.4 is 5.32 Å². The minimum absolute atomic E-state index is 0.0304. The monoisotopic (exact) mass is 315 g/mol. The molecule has 0 aliphatic heterocycles. The number of carbonyl (C=O) groups is 2. The van der Waals surface area contributed by atoms with E-state index in [-0.39, 0.29) is 11.7 Å². The second kappa shape index (κ2) is 6.92. The summed E-state index contributed by atoms with van der Waals surface area (Å²) in [5.74, 6) is -0.231. The van der Waals surface area contributed by atoms with Crippen molar-refractivity contribution in [3.63, 3.8) is 0 Å². The first-order chi connectivity index (χ1) is 11.6. The third kappa shape index (κ3) is 3.58. The molecule has 0 radical (unpaired) electrons. The van der Waals surface area contributed by atoms with Crippen LogP contribution >= 0.6 is 0 Å². The highest BCUT2D eigenvalue weighted by Gasteiger charge is 2.09. The number of ketones is 1. The Bertz CT molecular complexity index is 885. The summed E-state index contributed by atoms with van der Waals surface area (Å²) in [4.78, 5) is 23.9. The maximum atomic E-state index is 12.5. The first kappa shape index (κ1) is 15.7. The molecule has 118 valence electrons. The number of benzene rings is 3. The molecule has 3 rings (SSSR count). The van der Waals surface area contributed by atoms with Crippen LogP contribution in [-0.2, 0) is 0 Å². The molecule has 0 spiro atoms. The van der Waals surface area contributed by atoms with Gasteiger partial charge < -0.3 is 5.32 Å². The lowest BCUT2D eigenvalue weighted by molar-refractivity contribution is 0.101. The van der Waals surface area contributed by atoms with Gasteiger partial charge in [0.05, 0.1) is 0 Å². The maximum Gasteiger partial charge on any atom is 0.255 e. The Morgan fingerprint density at radius 3 is 2.12 bits per heavy atom. The van der Waals surface area contributed by atoms with Crippen molar-refractivity contribution in [3.05, 3.63) is 90.0 Å². The van der Waals surface area contributed by atoms with Gasteiger partial charge in [-0.05, 0) is 42.3 Å². The van der Waals surface area contributed by atoms with Gasteiger partial charge in [0.15, 0.2) is 5.78 Å². The van der Waals surface area contributed by atoms with Gasteiger partial charge in [-0.2, -0.15) is 0 Å². The fraction of sp³-hybridized carbons (Fsp3) is 0.0476. The van der Waals surface area contributed by atoms with E-state index < -0.39 is 0 Å². The Kier molecular flexibility index (Phi) is 4.52. The van der Waals surface area contributed by atoms with Crippen molar-refractivity contribution >= 4 is 17.4 Å². The van der Waals surface area contributed by atoms with Crippen LogP contribution in [0.4, 0.5) is 5.69 Å². The average Bonchev–Trinajstić information content (AvgIpc) is 2.63. The average molecular weight is 315 g/mol. The zero-order valence-electron chi connectivity index (χ0n) is 13.3. The summed E-state index contributed by atoms with van der Waals surface area (Å²) in [6.07, 6.45) is 0. The number of carbonyl (C=O) groups excluding carboxylic acids is 2. The molecular weight excluding hydrogens is 298 g/mol. The van der Waals surface area contributed by atoms with Crippen molar-refractivity contribution in [2.75, 3.05) is 5.32 Å².